The molecule has 10 heteroatoms. The van der Waals surface area contributed by atoms with Crippen molar-refractivity contribution >= 4 is 38.7 Å². The summed E-state index contributed by atoms with van der Waals surface area (Å²) < 4.78 is 43.8. The fourth-order valence-electron chi connectivity index (χ4n) is 4.34. The summed E-state index contributed by atoms with van der Waals surface area (Å²) in [6, 6.07) is 20.0. The molecule has 3 aromatic carbocycles. The van der Waals surface area contributed by atoms with Crippen LogP contribution in [-0.4, -0.2) is 34.9 Å². The smallest absolute Gasteiger partial charge is 0.481 e. The van der Waals surface area contributed by atoms with Gasteiger partial charge < -0.3 is 15.2 Å². The summed E-state index contributed by atoms with van der Waals surface area (Å²) in [5.41, 5.74) is 2.96. The van der Waals surface area contributed by atoms with Crippen molar-refractivity contribution in [1.82, 2.24) is 10.3 Å². The third-order valence-corrected chi connectivity index (χ3v) is 6.47. The number of alkyl halides is 3. The number of aromatic nitrogens is 1. The molecule has 1 amide bonds. The van der Waals surface area contributed by atoms with E-state index in [2.05, 4.69) is 26.0 Å². The normalized spacial score (nSPS) is 12.2. The van der Waals surface area contributed by atoms with Gasteiger partial charge in [-0.1, -0.05) is 64.5 Å². The van der Waals surface area contributed by atoms with Crippen LogP contribution in [0.3, 0.4) is 0 Å². The van der Waals surface area contributed by atoms with Crippen LogP contribution in [0.4, 0.5) is 13.2 Å². The van der Waals surface area contributed by atoms with Gasteiger partial charge in [-0.25, -0.2) is 4.98 Å². The molecule has 4 aromatic rings. The van der Waals surface area contributed by atoms with E-state index in [4.69, 9.17) is 4.98 Å². The number of amides is 1. The molecule has 0 aliphatic carbocycles. The zero-order chi connectivity index (χ0) is 27.4. The Hall–Kier alpha value is -3.92. The van der Waals surface area contributed by atoms with Crippen LogP contribution in [0.1, 0.15) is 33.8 Å². The van der Waals surface area contributed by atoms with E-state index in [1.165, 1.54) is 18.2 Å². The average Bonchev–Trinajstić information content (AvgIpc) is 2.86. The predicted octanol–water partition coefficient (Wildman–Crippen LogP) is 6.86. The molecule has 1 heterocycles. The molecule has 0 aliphatic heterocycles. The number of para-hydroxylation sites is 1. The van der Waals surface area contributed by atoms with Gasteiger partial charge in [0.05, 0.1) is 23.2 Å². The first-order valence-corrected chi connectivity index (χ1v) is 12.3. The zero-order valence-electron chi connectivity index (χ0n) is 20.1. The maximum Gasteiger partial charge on any atom is 0.573 e. The van der Waals surface area contributed by atoms with Gasteiger partial charge in [0.15, 0.2) is 0 Å². The van der Waals surface area contributed by atoms with Crippen LogP contribution in [-0.2, 0) is 4.79 Å². The molecule has 2 N–H and O–H groups in total. The summed E-state index contributed by atoms with van der Waals surface area (Å²) >= 11 is 3.42. The van der Waals surface area contributed by atoms with Crippen LogP contribution in [0.2, 0.25) is 0 Å². The molecule has 0 aliphatic rings. The van der Waals surface area contributed by atoms with Crippen LogP contribution in [0, 0.1) is 6.92 Å². The summed E-state index contributed by atoms with van der Waals surface area (Å²) in [6.07, 6.45) is -5.48. The van der Waals surface area contributed by atoms with E-state index in [0.717, 1.165) is 16.1 Å². The van der Waals surface area contributed by atoms with Crippen molar-refractivity contribution in [2.75, 3.05) is 6.54 Å². The molecule has 38 heavy (non-hydrogen) atoms. The molecule has 196 valence electrons. The largest absolute Gasteiger partial charge is 0.573 e. The Labute approximate surface area is 224 Å². The fourth-order valence-corrected chi connectivity index (χ4v) is 4.70. The topological polar surface area (TPSA) is 88.5 Å². The number of pyridine rings is 1. The molecule has 1 atom stereocenters. The number of ether oxygens (including phenoxy) is 1. The van der Waals surface area contributed by atoms with E-state index in [1.54, 1.807) is 19.1 Å². The van der Waals surface area contributed by atoms with E-state index in [-0.39, 0.29) is 12.1 Å². The minimum atomic E-state index is -4.96. The lowest BCUT2D eigenvalue weighted by atomic mass is 9.93. The number of hydrogen-bond acceptors (Lipinski definition) is 4. The zero-order valence-corrected chi connectivity index (χ0v) is 21.6. The van der Waals surface area contributed by atoms with Crippen LogP contribution >= 0.6 is 15.9 Å². The van der Waals surface area contributed by atoms with Crippen LogP contribution in [0.15, 0.2) is 77.3 Å². The van der Waals surface area contributed by atoms with Crippen molar-refractivity contribution in [3.05, 3.63) is 94.0 Å². The third-order valence-electron chi connectivity index (χ3n) is 5.98. The number of hydrogen-bond donors (Lipinski definition) is 2. The summed E-state index contributed by atoms with van der Waals surface area (Å²) in [5, 5.41) is 12.8. The van der Waals surface area contributed by atoms with E-state index in [9.17, 15) is 27.9 Å². The van der Waals surface area contributed by atoms with Gasteiger partial charge in [0.1, 0.15) is 5.75 Å². The van der Waals surface area contributed by atoms with E-state index < -0.39 is 36.3 Å². The highest BCUT2D eigenvalue weighted by atomic mass is 79.9. The molecule has 6 nitrogen and oxygen atoms in total. The highest BCUT2D eigenvalue weighted by molar-refractivity contribution is 9.10. The first-order chi connectivity index (χ1) is 18.0. The number of nitrogens with one attached hydrogen (secondary N) is 1. The lowest BCUT2D eigenvalue weighted by Crippen LogP contribution is -2.31. The molecule has 0 bridgehead atoms. The Balaban J connectivity index is 1.72. The Bertz CT molecular complexity index is 1490. The van der Waals surface area contributed by atoms with Gasteiger partial charge >= 0.3 is 12.3 Å². The highest BCUT2D eigenvalue weighted by Gasteiger charge is 2.33. The van der Waals surface area contributed by atoms with Crippen molar-refractivity contribution in [1.29, 1.82) is 0 Å². The molecule has 0 saturated heterocycles. The van der Waals surface area contributed by atoms with Gasteiger partial charge in [0.25, 0.3) is 5.91 Å². The van der Waals surface area contributed by atoms with Gasteiger partial charge in [-0.05, 0) is 42.3 Å². The highest BCUT2D eigenvalue weighted by Crippen LogP contribution is 2.34. The van der Waals surface area contributed by atoms with Crippen molar-refractivity contribution in [3.8, 4) is 17.0 Å². The van der Waals surface area contributed by atoms with Crippen LogP contribution in [0.5, 0.6) is 5.75 Å². The Kier molecular flexibility index (Phi) is 8.01. The second-order valence-electron chi connectivity index (χ2n) is 8.58. The van der Waals surface area contributed by atoms with Crippen LogP contribution in [0.25, 0.3) is 22.2 Å². The quantitative estimate of drug-likeness (QED) is 0.235. The van der Waals surface area contributed by atoms with Gasteiger partial charge in [0.2, 0.25) is 0 Å². The number of rotatable bonds is 8. The maximum atomic E-state index is 13.6. The van der Waals surface area contributed by atoms with Crippen molar-refractivity contribution < 1.29 is 32.6 Å². The number of aliphatic carboxylic acids is 1. The van der Waals surface area contributed by atoms with Gasteiger partial charge in [-0.15, -0.1) is 13.2 Å². The Morgan fingerprint density at radius 3 is 2.42 bits per heavy atom. The van der Waals surface area contributed by atoms with Crippen molar-refractivity contribution in [2.45, 2.75) is 25.6 Å². The van der Waals surface area contributed by atoms with Gasteiger partial charge in [-0.2, -0.15) is 0 Å². The summed E-state index contributed by atoms with van der Waals surface area (Å²) in [5.74, 6) is -3.23. The summed E-state index contributed by atoms with van der Waals surface area (Å²) in [4.78, 5) is 29.9. The molecule has 4 rings (SSSR count). The summed E-state index contributed by atoms with van der Waals surface area (Å²) in [6.45, 7) is 1.53. The fraction of sp³-hybridized carbons (Fsp3) is 0.179. The average molecular weight is 587 g/mol. The number of nitrogens with zero attached hydrogens (tertiary/aromatic N) is 1. The second-order valence-corrected chi connectivity index (χ2v) is 9.49. The number of carbonyl (C=O) groups excluding carboxylic acids is 1. The van der Waals surface area contributed by atoms with Gasteiger partial charge in [0, 0.05) is 27.9 Å². The Morgan fingerprint density at radius 1 is 1.05 bits per heavy atom. The second kappa shape index (κ2) is 11.2. The Morgan fingerprint density at radius 2 is 1.74 bits per heavy atom. The number of fused-ring (bicyclic) bond motifs is 1. The molecular formula is C28H22BrF3N2O4. The first kappa shape index (κ1) is 27.1. The maximum absolute atomic E-state index is 13.6. The SMILES string of the molecule is Cc1c(-c2ccccc2)nc2ccc(Br)cc2c1C(=O)NC[C@H](CC(=O)O)c1ccccc1OC(F)(F)F. The number of benzene rings is 3. The molecule has 0 radical (unpaired) electrons. The van der Waals surface area contributed by atoms with E-state index >= 15 is 0 Å². The molecule has 0 spiro atoms. The molecule has 1 aromatic heterocycles. The number of carboxylic acid groups (broad SMARTS) is 1. The summed E-state index contributed by atoms with van der Waals surface area (Å²) in [7, 11) is 0. The van der Waals surface area contributed by atoms with Crippen LogP contribution < -0.4 is 10.1 Å². The predicted molar refractivity (Wildman–Crippen MR) is 140 cm³/mol. The molecule has 0 unspecified atom stereocenters. The molecular weight excluding hydrogens is 565 g/mol. The number of halogens is 4. The minimum absolute atomic E-state index is 0.0246. The van der Waals surface area contributed by atoms with E-state index in [0.29, 0.717) is 27.7 Å². The molecule has 0 fully saturated rings. The van der Waals surface area contributed by atoms with Crippen molar-refractivity contribution in [2.24, 2.45) is 0 Å². The monoisotopic (exact) mass is 586 g/mol. The number of carboxylic acids is 1. The number of carbonyl (C=O) groups is 2. The minimum Gasteiger partial charge on any atom is -0.481 e. The lowest BCUT2D eigenvalue weighted by Gasteiger charge is -2.21. The molecule has 0 saturated carbocycles. The van der Waals surface area contributed by atoms with Gasteiger partial charge in [-0.3, -0.25) is 9.59 Å². The first-order valence-electron chi connectivity index (χ1n) is 11.5. The standard InChI is InChI=1S/C28H22BrF3N2O4/c1-16-25(21-14-19(29)11-12-22(21)34-26(16)17-7-3-2-4-8-17)27(37)33-15-18(13-24(35)36)20-9-5-6-10-23(20)38-28(30,31)32/h2-12,14,18H,13,15H2,1H3,(H,33,37)(H,35,36)/t18-/m0/s1. The van der Waals surface area contributed by atoms with Crippen molar-refractivity contribution in [3.63, 3.8) is 0 Å². The lowest BCUT2D eigenvalue weighted by molar-refractivity contribution is -0.275. The van der Waals surface area contributed by atoms with E-state index in [1.807, 2.05) is 36.4 Å². The third kappa shape index (κ3) is 6.31.